The number of aromatic nitrogens is 1. The molecule has 0 radical (unpaired) electrons. The van der Waals surface area contributed by atoms with Gasteiger partial charge in [-0.05, 0) is 30.7 Å². The largest absolute Gasteiger partial charge is 0.482 e. The van der Waals surface area contributed by atoms with Crippen LogP contribution in [0.5, 0.6) is 5.75 Å². The summed E-state index contributed by atoms with van der Waals surface area (Å²) in [5, 5.41) is 1.02. The van der Waals surface area contributed by atoms with E-state index in [0.29, 0.717) is 41.7 Å². The summed E-state index contributed by atoms with van der Waals surface area (Å²) < 4.78 is 39.1. The molecule has 4 rings (SSSR count). The number of anilines is 1. The molecule has 11 heteroatoms. The van der Waals surface area contributed by atoms with Crippen molar-refractivity contribution in [2.45, 2.75) is 6.42 Å². The summed E-state index contributed by atoms with van der Waals surface area (Å²) in [6, 6.07) is 6.70. The molecule has 1 aromatic heterocycles. The molecule has 0 spiro atoms. The number of carbonyl (C=O) groups excluding carboxylic acids is 1. The average Bonchev–Trinajstić information content (AvgIpc) is 3.20. The summed E-state index contributed by atoms with van der Waals surface area (Å²) in [6.45, 7) is 3.84. The van der Waals surface area contributed by atoms with Gasteiger partial charge in [-0.1, -0.05) is 34.5 Å². The maximum Gasteiger partial charge on any atom is 0.266 e. The number of hydrogen-bond donors (Lipinski definition) is 0. The third kappa shape index (κ3) is 6.10. The Morgan fingerprint density at radius 3 is 2.76 bits per heavy atom. The van der Waals surface area contributed by atoms with Crippen LogP contribution in [-0.2, 0) is 9.53 Å². The normalized spacial score (nSPS) is 14.5. The van der Waals surface area contributed by atoms with Crippen molar-refractivity contribution in [1.82, 2.24) is 9.88 Å². The monoisotopic (exact) mass is 515 g/mol. The lowest BCUT2D eigenvalue weighted by molar-refractivity contribution is -0.120. The number of ether oxygens (including phenoxy) is 2. The van der Waals surface area contributed by atoms with Crippen LogP contribution in [0.1, 0.15) is 6.42 Å². The highest BCUT2D eigenvalue weighted by Gasteiger charge is 2.23. The van der Waals surface area contributed by atoms with Gasteiger partial charge >= 0.3 is 0 Å². The van der Waals surface area contributed by atoms with Crippen LogP contribution >= 0.6 is 34.5 Å². The second kappa shape index (κ2) is 10.9. The Kier molecular flexibility index (Phi) is 7.98. The standard InChI is InChI=1S/C22H21Cl2F2N3O3S/c23-14-2-3-18(16(24)10-14)32-13-20(30)29(5-1-4-28-6-8-31-9-7-28)22-27-21-17(26)11-15(25)12-19(21)33-22/h2-3,10-12H,1,4-9,13H2. The molecule has 0 bridgehead atoms. The first-order valence-corrected chi connectivity index (χ1v) is 11.9. The van der Waals surface area contributed by atoms with E-state index in [2.05, 4.69) is 9.88 Å². The molecule has 1 amide bonds. The number of benzene rings is 2. The van der Waals surface area contributed by atoms with Gasteiger partial charge in [0, 0.05) is 37.3 Å². The molecule has 33 heavy (non-hydrogen) atoms. The Morgan fingerprint density at radius 1 is 1.21 bits per heavy atom. The quantitative estimate of drug-likeness (QED) is 0.421. The maximum absolute atomic E-state index is 14.2. The summed E-state index contributed by atoms with van der Waals surface area (Å²) >= 11 is 13.1. The first-order valence-electron chi connectivity index (χ1n) is 10.3. The SMILES string of the molecule is O=C(COc1ccc(Cl)cc1Cl)N(CCCN1CCOCC1)c1nc2c(F)cc(F)cc2s1. The van der Waals surface area contributed by atoms with Crippen LogP contribution in [0.2, 0.25) is 10.0 Å². The predicted octanol–water partition coefficient (Wildman–Crippen LogP) is 5.02. The first-order chi connectivity index (χ1) is 15.9. The predicted molar refractivity (Wildman–Crippen MR) is 126 cm³/mol. The smallest absolute Gasteiger partial charge is 0.266 e. The number of morpholine rings is 1. The Bertz CT molecular complexity index is 1140. The van der Waals surface area contributed by atoms with Crippen molar-refractivity contribution in [2.75, 3.05) is 50.9 Å². The molecule has 176 valence electrons. The molecule has 1 aliphatic rings. The van der Waals surface area contributed by atoms with E-state index in [1.807, 2.05) is 0 Å². The zero-order valence-corrected chi connectivity index (χ0v) is 19.9. The fourth-order valence-corrected chi connectivity index (χ4v) is 4.99. The molecule has 0 aliphatic carbocycles. The van der Waals surface area contributed by atoms with Crippen molar-refractivity contribution in [3.05, 3.63) is 52.0 Å². The minimum atomic E-state index is -0.766. The summed E-state index contributed by atoms with van der Waals surface area (Å²) in [6.07, 6.45) is 0.667. The van der Waals surface area contributed by atoms with E-state index >= 15 is 0 Å². The molecule has 0 saturated carbocycles. The van der Waals surface area contributed by atoms with Gasteiger partial charge in [-0.15, -0.1) is 0 Å². The zero-order valence-electron chi connectivity index (χ0n) is 17.5. The molecule has 2 aromatic carbocycles. The van der Waals surface area contributed by atoms with Gasteiger partial charge in [0.2, 0.25) is 0 Å². The molecule has 0 unspecified atom stereocenters. The number of fused-ring (bicyclic) bond motifs is 1. The van der Waals surface area contributed by atoms with Gasteiger partial charge in [-0.2, -0.15) is 0 Å². The van der Waals surface area contributed by atoms with Crippen LogP contribution in [-0.4, -0.2) is 61.8 Å². The highest BCUT2D eigenvalue weighted by Crippen LogP contribution is 2.32. The zero-order chi connectivity index (χ0) is 23.4. The summed E-state index contributed by atoms with van der Waals surface area (Å²) in [7, 11) is 0. The van der Waals surface area contributed by atoms with Gasteiger partial charge < -0.3 is 9.47 Å². The van der Waals surface area contributed by atoms with E-state index in [9.17, 15) is 13.6 Å². The molecule has 0 N–H and O–H groups in total. The maximum atomic E-state index is 14.2. The van der Waals surface area contributed by atoms with Gasteiger partial charge in [0.1, 0.15) is 17.1 Å². The summed E-state index contributed by atoms with van der Waals surface area (Å²) in [5.41, 5.74) is 0.0315. The van der Waals surface area contributed by atoms with Crippen molar-refractivity contribution in [3.8, 4) is 5.75 Å². The molecule has 3 aromatic rings. The van der Waals surface area contributed by atoms with Crippen LogP contribution < -0.4 is 9.64 Å². The van der Waals surface area contributed by atoms with Crippen LogP contribution in [0, 0.1) is 11.6 Å². The average molecular weight is 516 g/mol. The van der Waals surface area contributed by atoms with E-state index in [1.165, 1.54) is 17.0 Å². The molecule has 2 heterocycles. The number of halogens is 4. The van der Waals surface area contributed by atoms with Crippen molar-refractivity contribution in [3.63, 3.8) is 0 Å². The minimum Gasteiger partial charge on any atom is -0.482 e. The summed E-state index contributed by atoms with van der Waals surface area (Å²) in [5.74, 6) is -1.51. The van der Waals surface area contributed by atoms with E-state index in [4.69, 9.17) is 32.7 Å². The second-order valence-electron chi connectivity index (χ2n) is 7.45. The van der Waals surface area contributed by atoms with Crippen LogP contribution in [0.3, 0.4) is 0 Å². The summed E-state index contributed by atoms with van der Waals surface area (Å²) in [4.78, 5) is 21.1. The molecular formula is C22H21Cl2F2N3O3S. The van der Waals surface area contributed by atoms with Crippen molar-refractivity contribution in [2.24, 2.45) is 0 Å². The molecule has 6 nitrogen and oxygen atoms in total. The number of nitrogens with zero attached hydrogens (tertiary/aromatic N) is 3. The Labute approximate surface area is 203 Å². The lowest BCUT2D eigenvalue weighted by Gasteiger charge is -2.27. The molecular weight excluding hydrogens is 495 g/mol. The highest BCUT2D eigenvalue weighted by molar-refractivity contribution is 7.22. The second-order valence-corrected chi connectivity index (χ2v) is 9.30. The molecule has 0 atom stereocenters. The fraction of sp³-hybridized carbons (Fsp3) is 0.364. The third-order valence-electron chi connectivity index (χ3n) is 5.14. The van der Waals surface area contributed by atoms with E-state index in [-0.39, 0.29) is 28.2 Å². The number of rotatable bonds is 8. The topological polar surface area (TPSA) is 54.9 Å². The van der Waals surface area contributed by atoms with E-state index in [0.717, 1.165) is 37.0 Å². The molecule has 1 saturated heterocycles. The number of amides is 1. The van der Waals surface area contributed by atoms with E-state index < -0.39 is 11.6 Å². The van der Waals surface area contributed by atoms with Crippen molar-refractivity contribution >= 4 is 55.8 Å². The number of carbonyl (C=O) groups is 1. The molecule has 1 aliphatic heterocycles. The minimum absolute atomic E-state index is 0.0315. The number of thiazole rings is 1. The lowest BCUT2D eigenvalue weighted by atomic mass is 10.3. The Morgan fingerprint density at radius 2 is 2.00 bits per heavy atom. The van der Waals surface area contributed by atoms with Gasteiger partial charge in [0.25, 0.3) is 5.91 Å². The van der Waals surface area contributed by atoms with Crippen molar-refractivity contribution < 1.29 is 23.0 Å². The van der Waals surface area contributed by atoms with Gasteiger partial charge in [0.05, 0.1) is 22.9 Å². The van der Waals surface area contributed by atoms with Crippen LogP contribution in [0.15, 0.2) is 30.3 Å². The fourth-order valence-electron chi connectivity index (χ4n) is 3.47. The van der Waals surface area contributed by atoms with E-state index in [1.54, 1.807) is 12.1 Å². The van der Waals surface area contributed by atoms with Gasteiger partial charge in [-0.25, -0.2) is 13.8 Å². The lowest BCUT2D eigenvalue weighted by Crippen LogP contribution is -2.40. The number of hydrogen-bond acceptors (Lipinski definition) is 6. The van der Waals surface area contributed by atoms with Crippen LogP contribution in [0.4, 0.5) is 13.9 Å². The Balaban J connectivity index is 1.51. The van der Waals surface area contributed by atoms with Crippen molar-refractivity contribution in [1.29, 1.82) is 0 Å². The van der Waals surface area contributed by atoms with Crippen LogP contribution in [0.25, 0.3) is 10.2 Å². The van der Waals surface area contributed by atoms with Gasteiger partial charge in [0.15, 0.2) is 17.6 Å². The first kappa shape index (κ1) is 24.1. The highest BCUT2D eigenvalue weighted by atomic mass is 35.5. The molecule has 1 fully saturated rings. The van der Waals surface area contributed by atoms with Gasteiger partial charge in [-0.3, -0.25) is 14.6 Å². The third-order valence-corrected chi connectivity index (χ3v) is 6.69. The Hall–Kier alpha value is -2.04.